The summed E-state index contributed by atoms with van der Waals surface area (Å²) in [5, 5.41) is 11.9. The number of carboxylic acids is 1. The zero-order chi connectivity index (χ0) is 33.2. The number of carbonyl (C=O) groups excluding carboxylic acids is 2. The maximum Gasteiger partial charge on any atom is 0.326 e. The maximum absolute atomic E-state index is 12.6. The second-order valence-electron chi connectivity index (χ2n) is 13.4. The minimum atomic E-state index is -1.00. The van der Waals surface area contributed by atoms with E-state index in [2.05, 4.69) is 19.2 Å². The third kappa shape index (κ3) is 30.8. The number of esters is 1. The molecule has 7 nitrogen and oxygen atoms in total. The van der Waals surface area contributed by atoms with Crippen molar-refractivity contribution in [2.75, 3.05) is 6.54 Å². The van der Waals surface area contributed by atoms with E-state index >= 15 is 0 Å². The molecular formula is C38H74N2O5. The van der Waals surface area contributed by atoms with Gasteiger partial charge < -0.3 is 20.9 Å². The lowest BCUT2D eigenvalue weighted by Gasteiger charge is -2.18. The van der Waals surface area contributed by atoms with E-state index < -0.39 is 12.0 Å². The van der Waals surface area contributed by atoms with Gasteiger partial charge in [-0.25, -0.2) is 4.79 Å². The van der Waals surface area contributed by atoms with Crippen LogP contribution in [0.3, 0.4) is 0 Å². The number of carbonyl (C=O) groups is 3. The summed E-state index contributed by atoms with van der Waals surface area (Å²) in [4.78, 5) is 36.1. The molecule has 1 amide bonds. The Balaban J connectivity index is 4.28. The Labute approximate surface area is 278 Å². The van der Waals surface area contributed by atoms with Crippen molar-refractivity contribution in [1.29, 1.82) is 0 Å². The lowest BCUT2D eigenvalue weighted by molar-refractivity contribution is -0.150. The first-order valence-electron chi connectivity index (χ1n) is 19.4. The van der Waals surface area contributed by atoms with Crippen LogP contribution in [0.5, 0.6) is 0 Å². The van der Waals surface area contributed by atoms with Crippen LogP contribution in [0.25, 0.3) is 0 Å². The van der Waals surface area contributed by atoms with Crippen molar-refractivity contribution in [2.45, 2.75) is 219 Å². The normalized spacial score (nSPS) is 12.6. The maximum atomic E-state index is 12.6. The van der Waals surface area contributed by atoms with E-state index in [0.717, 1.165) is 64.2 Å². The lowest BCUT2D eigenvalue weighted by atomic mass is 10.0. The highest BCUT2D eigenvalue weighted by atomic mass is 16.5. The van der Waals surface area contributed by atoms with Crippen LogP contribution < -0.4 is 11.1 Å². The van der Waals surface area contributed by atoms with Gasteiger partial charge in [-0.1, -0.05) is 142 Å². The van der Waals surface area contributed by atoms with Crippen molar-refractivity contribution in [1.82, 2.24) is 5.32 Å². The van der Waals surface area contributed by atoms with Gasteiger partial charge in [0.2, 0.25) is 5.91 Å². The third-order valence-electron chi connectivity index (χ3n) is 8.92. The Morgan fingerprint density at radius 3 is 1.38 bits per heavy atom. The van der Waals surface area contributed by atoms with Crippen LogP contribution >= 0.6 is 0 Å². The number of amides is 1. The highest BCUT2D eigenvalue weighted by molar-refractivity contribution is 5.83. The highest BCUT2D eigenvalue weighted by Crippen LogP contribution is 2.19. The van der Waals surface area contributed by atoms with Crippen molar-refractivity contribution in [3.63, 3.8) is 0 Å². The molecule has 0 aromatic carbocycles. The first kappa shape index (κ1) is 43.4. The summed E-state index contributed by atoms with van der Waals surface area (Å²) in [6.07, 6.45) is 32.8. The van der Waals surface area contributed by atoms with Gasteiger partial charge in [0, 0.05) is 12.8 Å². The van der Waals surface area contributed by atoms with Crippen LogP contribution in [0.2, 0.25) is 0 Å². The number of carboxylic acid groups (broad SMARTS) is 1. The van der Waals surface area contributed by atoms with E-state index in [1.807, 2.05) is 0 Å². The Morgan fingerprint density at radius 2 is 0.956 bits per heavy atom. The molecule has 4 N–H and O–H groups in total. The average molecular weight is 639 g/mol. The number of rotatable bonds is 35. The highest BCUT2D eigenvalue weighted by Gasteiger charge is 2.19. The average Bonchev–Trinajstić information content (AvgIpc) is 3.02. The van der Waals surface area contributed by atoms with Gasteiger partial charge in [0.1, 0.15) is 12.1 Å². The predicted octanol–water partition coefficient (Wildman–Crippen LogP) is 10.2. The van der Waals surface area contributed by atoms with Crippen LogP contribution in [0, 0.1) is 0 Å². The van der Waals surface area contributed by atoms with Gasteiger partial charge in [0.15, 0.2) is 0 Å². The molecule has 0 aromatic rings. The van der Waals surface area contributed by atoms with Crippen molar-refractivity contribution in [3.8, 4) is 0 Å². The first-order valence-corrected chi connectivity index (χ1v) is 19.4. The molecule has 2 unspecified atom stereocenters. The van der Waals surface area contributed by atoms with Crippen molar-refractivity contribution in [2.24, 2.45) is 5.73 Å². The molecule has 266 valence electrons. The second kappa shape index (κ2) is 33.7. The number of unbranched alkanes of at least 4 members (excludes halogenated alkanes) is 21. The van der Waals surface area contributed by atoms with Crippen LogP contribution in [0.1, 0.15) is 206 Å². The second-order valence-corrected chi connectivity index (χ2v) is 13.4. The standard InChI is InChI=1S/C38H74N2O5/c1-3-5-7-9-11-13-14-15-16-19-23-28-34(45-37(42)32-26-22-17-12-10-8-6-4-2)29-24-20-18-21-25-31-36(41)40-35(38(43)44)30-27-33-39/h34-35H,3-33,39H2,1-2H3,(H,40,41)(H,43,44). The number of ether oxygens (including phenoxy) is 1. The Kier molecular flexibility index (Phi) is 32.5. The molecule has 0 fully saturated rings. The lowest BCUT2D eigenvalue weighted by Crippen LogP contribution is -2.40. The number of aliphatic carboxylic acids is 1. The van der Waals surface area contributed by atoms with E-state index in [1.165, 1.54) is 103 Å². The number of hydrogen-bond donors (Lipinski definition) is 3. The Bertz CT molecular complexity index is 687. The molecule has 0 radical (unpaired) electrons. The molecule has 0 aliphatic rings. The minimum Gasteiger partial charge on any atom is -0.480 e. The van der Waals surface area contributed by atoms with E-state index in [9.17, 15) is 19.5 Å². The van der Waals surface area contributed by atoms with Crippen LogP contribution in [-0.2, 0) is 19.1 Å². The first-order chi connectivity index (χ1) is 21.9. The smallest absolute Gasteiger partial charge is 0.326 e. The molecule has 0 aromatic heterocycles. The summed E-state index contributed by atoms with van der Waals surface area (Å²) in [5.41, 5.74) is 5.47. The fourth-order valence-corrected chi connectivity index (χ4v) is 5.98. The topological polar surface area (TPSA) is 119 Å². The van der Waals surface area contributed by atoms with Crippen LogP contribution in [0.15, 0.2) is 0 Å². The Morgan fingerprint density at radius 1 is 0.556 bits per heavy atom. The van der Waals surface area contributed by atoms with E-state index in [1.54, 1.807) is 0 Å². The third-order valence-corrected chi connectivity index (χ3v) is 8.92. The van der Waals surface area contributed by atoms with Gasteiger partial charge in [0.25, 0.3) is 0 Å². The molecule has 0 rings (SSSR count). The molecule has 0 saturated carbocycles. The summed E-state index contributed by atoms with van der Waals surface area (Å²) in [6, 6.07) is -0.850. The largest absolute Gasteiger partial charge is 0.480 e. The van der Waals surface area contributed by atoms with Crippen molar-refractivity contribution < 1.29 is 24.2 Å². The molecule has 0 aliphatic heterocycles. The summed E-state index contributed by atoms with van der Waals surface area (Å²) in [5.74, 6) is -1.22. The molecule has 2 atom stereocenters. The van der Waals surface area contributed by atoms with Gasteiger partial charge in [-0.3, -0.25) is 9.59 Å². The molecule has 45 heavy (non-hydrogen) atoms. The Hall–Kier alpha value is -1.63. The van der Waals surface area contributed by atoms with Crippen molar-refractivity contribution >= 4 is 17.8 Å². The van der Waals surface area contributed by atoms with Crippen LogP contribution in [0.4, 0.5) is 0 Å². The minimum absolute atomic E-state index is 0.0220. The number of hydrogen-bond acceptors (Lipinski definition) is 5. The van der Waals surface area contributed by atoms with Gasteiger partial charge >= 0.3 is 11.9 Å². The fraction of sp³-hybridized carbons (Fsp3) is 0.921. The van der Waals surface area contributed by atoms with E-state index in [0.29, 0.717) is 32.2 Å². The fourth-order valence-electron chi connectivity index (χ4n) is 5.98. The molecule has 7 heteroatoms. The number of nitrogens with one attached hydrogen (secondary N) is 1. The monoisotopic (exact) mass is 639 g/mol. The molecule has 0 bridgehead atoms. The number of nitrogens with two attached hydrogens (primary N) is 1. The predicted molar refractivity (Wildman–Crippen MR) is 188 cm³/mol. The van der Waals surface area contributed by atoms with Gasteiger partial charge in [0.05, 0.1) is 0 Å². The SMILES string of the molecule is CCCCCCCCCCCCCC(CCCCCCCC(=O)NC(CCCN)C(=O)O)OC(=O)CCCCCCCCCC. The zero-order valence-electron chi connectivity index (χ0n) is 29.7. The van der Waals surface area contributed by atoms with Gasteiger partial charge in [-0.2, -0.15) is 0 Å². The molecule has 0 spiro atoms. The van der Waals surface area contributed by atoms with Gasteiger partial charge in [-0.15, -0.1) is 0 Å². The molecule has 0 aliphatic carbocycles. The van der Waals surface area contributed by atoms with Gasteiger partial charge in [-0.05, 0) is 57.9 Å². The summed E-state index contributed by atoms with van der Waals surface area (Å²) in [7, 11) is 0. The molecule has 0 heterocycles. The summed E-state index contributed by atoms with van der Waals surface area (Å²) in [6.45, 7) is 4.92. The zero-order valence-corrected chi connectivity index (χ0v) is 29.7. The van der Waals surface area contributed by atoms with Crippen LogP contribution in [-0.4, -0.2) is 41.6 Å². The van der Waals surface area contributed by atoms with Crippen molar-refractivity contribution in [3.05, 3.63) is 0 Å². The summed E-state index contributed by atoms with van der Waals surface area (Å²) < 4.78 is 6.00. The molecule has 0 saturated heterocycles. The quantitative estimate of drug-likeness (QED) is 0.0469. The van der Waals surface area contributed by atoms with E-state index in [4.69, 9.17) is 10.5 Å². The summed E-state index contributed by atoms with van der Waals surface area (Å²) >= 11 is 0. The molecular weight excluding hydrogens is 564 g/mol. The van der Waals surface area contributed by atoms with E-state index in [-0.39, 0.29) is 18.0 Å².